The zero-order chi connectivity index (χ0) is 14.4. The zero-order valence-corrected chi connectivity index (χ0v) is 11.3. The molecule has 0 aromatic carbocycles. The molecule has 0 saturated carbocycles. The van der Waals surface area contributed by atoms with Crippen LogP contribution in [-0.2, 0) is 17.8 Å². The van der Waals surface area contributed by atoms with Crippen molar-refractivity contribution in [2.24, 2.45) is 0 Å². The predicted octanol–water partition coefficient (Wildman–Crippen LogP) is 0.966. The van der Waals surface area contributed by atoms with Crippen LogP contribution >= 0.6 is 11.3 Å². The first-order valence-electron chi connectivity index (χ1n) is 5.92. The first kappa shape index (κ1) is 14.1. The molecule has 2 rings (SSSR count). The van der Waals surface area contributed by atoms with Gasteiger partial charge in [0.25, 0.3) is 0 Å². The van der Waals surface area contributed by atoms with Crippen LogP contribution in [0.2, 0.25) is 0 Å². The number of rotatable bonds is 6. The van der Waals surface area contributed by atoms with Gasteiger partial charge < -0.3 is 20.7 Å². The van der Waals surface area contributed by atoms with E-state index in [-0.39, 0.29) is 6.42 Å². The number of nitrogens with zero attached hydrogens (tertiary/aromatic N) is 1. The van der Waals surface area contributed by atoms with Crippen LogP contribution in [0, 0.1) is 0 Å². The molecule has 0 unspecified atom stereocenters. The number of hydrogen-bond donors (Lipinski definition) is 4. The molecule has 0 radical (unpaired) electrons. The number of aliphatic carboxylic acids is 1. The maximum Gasteiger partial charge on any atom is 0.326 e. The number of nitrogens with one attached hydrogen (secondary N) is 3. The summed E-state index contributed by atoms with van der Waals surface area (Å²) in [5.74, 6) is -1.09. The second-order valence-corrected chi connectivity index (χ2v) is 5.11. The van der Waals surface area contributed by atoms with Crippen molar-refractivity contribution in [3.05, 3.63) is 40.6 Å². The monoisotopic (exact) mass is 294 g/mol. The minimum absolute atomic E-state index is 0.155. The summed E-state index contributed by atoms with van der Waals surface area (Å²) in [5.41, 5.74) is 0.649. The standard InChI is InChI=1S/C12H14N4O3S/c17-11(18)10(4-8-5-13-7-15-8)16-12(19)14-6-9-2-1-3-20-9/h1-3,5,7,10H,4,6H2,(H,13,15)(H,17,18)(H2,14,16,19)/t10-/m0/s1. The lowest BCUT2D eigenvalue weighted by Crippen LogP contribution is -2.46. The van der Waals surface area contributed by atoms with E-state index in [1.807, 2.05) is 17.5 Å². The number of urea groups is 1. The third-order valence-corrected chi connectivity index (χ3v) is 3.46. The van der Waals surface area contributed by atoms with Gasteiger partial charge in [0.1, 0.15) is 6.04 Å². The van der Waals surface area contributed by atoms with Crippen molar-refractivity contribution in [2.75, 3.05) is 0 Å². The number of carbonyl (C=O) groups excluding carboxylic acids is 1. The van der Waals surface area contributed by atoms with Crippen LogP contribution in [0.4, 0.5) is 4.79 Å². The number of carboxylic acids is 1. The maximum absolute atomic E-state index is 11.7. The number of imidazole rings is 1. The molecule has 20 heavy (non-hydrogen) atoms. The lowest BCUT2D eigenvalue weighted by atomic mass is 10.2. The van der Waals surface area contributed by atoms with Crippen molar-refractivity contribution in [1.29, 1.82) is 0 Å². The molecule has 1 atom stereocenters. The van der Waals surface area contributed by atoms with Gasteiger partial charge in [0.15, 0.2) is 0 Å². The maximum atomic E-state index is 11.7. The van der Waals surface area contributed by atoms with E-state index in [1.165, 1.54) is 23.9 Å². The van der Waals surface area contributed by atoms with Gasteiger partial charge in [-0.2, -0.15) is 0 Å². The highest BCUT2D eigenvalue weighted by atomic mass is 32.1. The van der Waals surface area contributed by atoms with Gasteiger partial charge in [-0.3, -0.25) is 0 Å². The van der Waals surface area contributed by atoms with E-state index >= 15 is 0 Å². The highest BCUT2D eigenvalue weighted by Gasteiger charge is 2.20. The fraction of sp³-hybridized carbons (Fsp3) is 0.250. The second-order valence-electron chi connectivity index (χ2n) is 4.08. The van der Waals surface area contributed by atoms with Gasteiger partial charge in [-0.25, -0.2) is 14.6 Å². The molecule has 0 saturated heterocycles. The Hall–Kier alpha value is -2.35. The van der Waals surface area contributed by atoms with Crippen LogP contribution < -0.4 is 10.6 Å². The van der Waals surface area contributed by atoms with Crippen LogP contribution in [0.15, 0.2) is 30.0 Å². The summed E-state index contributed by atoms with van der Waals surface area (Å²) in [4.78, 5) is 30.4. The summed E-state index contributed by atoms with van der Waals surface area (Å²) in [5, 5.41) is 16.1. The molecule has 0 aliphatic carbocycles. The van der Waals surface area contributed by atoms with Crippen molar-refractivity contribution in [1.82, 2.24) is 20.6 Å². The van der Waals surface area contributed by atoms with E-state index in [9.17, 15) is 9.59 Å². The average Bonchev–Trinajstić information content (AvgIpc) is 3.08. The molecule has 0 bridgehead atoms. The Bertz CT molecular complexity index is 553. The van der Waals surface area contributed by atoms with Gasteiger partial charge in [-0.1, -0.05) is 6.07 Å². The van der Waals surface area contributed by atoms with E-state index in [4.69, 9.17) is 5.11 Å². The third-order valence-electron chi connectivity index (χ3n) is 2.59. The Morgan fingerprint density at radius 3 is 2.95 bits per heavy atom. The number of thiophene rings is 1. The minimum atomic E-state index is -1.09. The van der Waals surface area contributed by atoms with Gasteiger partial charge >= 0.3 is 12.0 Å². The lowest BCUT2D eigenvalue weighted by molar-refractivity contribution is -0.139. The van der Waals surface area contributed by atoms with Gasteiger partial charge in [0.05, 0.1) is 12.9 Å². The van der Waals surface area contributed by atoms with Crippen LogP contribution in [0.25, 0.3) is 0 Å². The highest BCUT2D eigenvalue weighted by molar-refractivity contribution is 7.09. The molecule has 0 spiro atoms. The summed E-state index contributed by atoms with van der Waals surface area (Å²) in [6.45, 7) is 0.375. The number of carbonyl (C=O) groups is 2. The molecule has 7 nitrogen and oxygen atoms in total. The van der Waals surface area contributed by atoms with Gasteiger partial charge in [-0.15, -0.1) is 11.3 Å². The van der Waals surface area contributed by atoms with Gasteiger partial charge in [-0.05, 0) is 11.4 Å². The topological polar surface area (TPSA) is 107 Å². The molecule has 2 heterocycles. The zero-order valence-electron chi connectivity index (χ0n) is 10.5. The number of aromatic nitrogens is 2. The molecule has 0 aliphatic heterocycles. The van der Waals surface area contributed by atoms with E-state index in [2.05, 4.69) is 20.6 Å². The first-order valence-corrected chi connectivity index (χ1v) is 6.80. The Balaban J connectivity index is 1.84. The summed E-state index contributed by atoms with van der Waals surface area (Å²) in [6, 6.07) is 2.27. The molecule has 0 fully saturated rings. The minimum Gasteiger partial charge on any atom is -0.480 e. The summed E-state index contributed by atoms with van der Waals surface area (Å²) in [7, 11) is 0. The van der Waals surface area contributed by atoms with E-state index in [0.29, 0.717) is 12.2 Å². The van der Waals surface area contributed by atoms with Crippen LogP contribution in [0.1, 0.15) is 10.6 Å². The Morgan fingerprint density at radius 1 is 1.50 bits per heavy atom. The summed E-state index contributed by atoms with van der Waals surface area (Å²) >= 11 is 1.52. The lowest BCUT2D eigenvalue weighted by Gasteiger charge is -2.14. The van der Waals surface area contributed by atoms with Crippen molar-refractivity contribution in [3.63, 3.8) is 0 Å². The molecular formula is C12H14N4O3S. The van der Waals surface area contributed by atoms with E-state index < -0.39 is 18.0 Å². The highest BCUT2D eigenvalue weighted by Crippen LogP contribution is 2.07. The predicted molar refractivity (Wildman–Crippen MR) is 73.4 cm³/mol. The smallest absolute Gasteiger partial charge is 0.326 e. The molecule has 4 N–H and O–H groups in total. The third kappa shape index (κ3) is 4.09. The van der Waals surface area contributed by atoms with Crippen molar-refractivity contribution in [3.8, 4) is 0 Å². The molecule has 0 aliphatic rings. The molecule has 106 valence electrons. The Labute approximate surface area is 119 Å². The second kappa shape index (κ2) is 6.71. The quantitative estimate of drug-likeness (QED) is 0.636. The fourth-order valence-corrected chi connectivity index (χ4v) is 2.25. The van der Waals surface area contributed by atoms with E-state index in [0.717, 1.165) is 4.88 Å². The largest absolute Gasteiger partial charge is 0.480 e. The summed E-state index contributed by atoms with van der Waals surface area (Å²) in [6.07, 6.45) is 3.15. The average molecular weight is 294 g/mol. The fourth-order valence-electron chi connectivity index (χ4n) is 1.61. The Morgan fingerprint density at radius 2 is 2.35 bits per heavy atom. The molecule has 8 heteroatoms. The number of amides is 2. The van der Waals surface area contributed by atoms with Crippen molar-refractivity contribution >= 4 is 23.3 Å². The normalized spacial score (nSPS) is 11.8. The van der Waals surface area contributed by atoms with Gasteiger partial charge in [0.2, 0.25) is 0 Å². The van der Waals surface area contributed by atoms with Crippen molar-refractivity contribution < 1.29 is 14.7 Å². The molecule has 2 amide bonds. The van der Waals surface area contributed by atoms with E-state index in [1.54, 1.807) is 0 Å². The van der Waals surface area contributed by atoms with Crippen LogP contribution in [0.5, 0.6) is 0 Å². The summed E-state index contributed by atoms with van der Waals surface area (Å²) < 4.78 is 0. The number of H-pyrrole nitrogens is 1. The first-order chi connectivity index (χ1) is 9.65. The molecular weight excluding hydrogens is 280 g/mol. The van der Waals surface area contributed by atoms with Crippen LogP contribution in [0.3, 0.4) is 0 Å². The van der Waals surface area contributed by atoms with Gasteiger partial charge in [0, 0.05) is 23.2 Å². The Kier molecular flexibility index (Phi) is 4.72. The molecule has 2 aromatic heterocycles. The molecule has 2 aromatic rings. The number of hydrogen-bond acceptors (Lipinski definition) is 4. The number of aromatic amines is 1. The van der Waals surface area contributed by atoms with Crippen LogP contribution in [-0.4, -0.2) is 33.1 Å². The van der Waals surface area contributed by atoms with Crippen molar-refractivity contribution in [2.45, 2.75) is 19.0 Å². The SMILES string of the molecule is O=C(NCc1cccs1)N[C@@H](Cc1cnc[nH]1)C(=O)O. The number of carboxylic acid groups (broad SMARTS) is 1.